The zero-order chi connectivity index (χ0) is 17.7. The molecule has 2 aromatic rings. The van der Waals surface area contributed by atoms with E-state index in [0.29, 0.717) is 23.9 Å². The summed E-state index contributed by atoms with van der Waals surface area (Å²) in [6, 6.07) is 2.80. The quantitative estimate of drug-likeness (QED) is 0.746. The Hall–Kier alpha value is -2.35. The van der Waals surface area contributed by atoms with E-state index in [2.05, 4.69) is 20.8 Å². The molecule has 0 saturated heterocycles. The average molecular weight is 336 g/mol. The van der Waals surface area contributed by atoms with Crippen molar-refractivity contribution in [3.05, 3.63) is 35.9 Å². The summed E-state index contributed by atoms with van der Waals surface area (Å²) in [5.74, 6) is 1.42. The lowest BCUT2D eigenvalue weighted by Gasteiger charge is -2.16. The van der Waals surface area contributed by atoms with Crippen LogP contribution in [0, 0.1) is 0 Å². The molecule has 0 spiro atoms. The van der Waals surface area contributed by atoms with Crippen LogP contribution < -0.4 is 10.6 Å². The monoisotopic (exact) mass is 336 g/mol. The van der Waals surface area contributed by atoms with Crippen LogP contribution in [0.2, 0.25) is 0 Å². The molecule has 8 heteroatoms. The van der Waals surface area contributed by atoms with Crippen molar-refractivity contribution in [2.75, 3.05) is 0 Å². The fourth-order valence-corrected chi connectivity index (χ4v) is 2.06. The highest BCUT2D eigenvalue weighted by Gasteiger charge is 2.22. The Kier molecular flexibility index (Phi) is 5.61. The summed E-state index contributed by atoms with van der Waals surface area (Å²) in [6.07, 6.45) is 1.08. The van der Waals surface area contributed by atoms with Crippen molar-refractivity contribution in [1.29, 1.82) is 0 Å². The number of furan rings is 1. The van der Waals surface area contributed by atoms with Gasteiger partial charge in [0.05, 0.1) is 12.8 Å². The number of rotatable bonds is 6. The lowest BCUT2D eigenvalue weighted by molar-refractivity contribution is 0.129. The third kappa shape index (κ3) is 5.09. The summed E-state index contributed by atoms with van der Waals surface area (Å²) >= 11 is 0. The van der Waals surface area contributed by atoms with Crippen LogP contribution in [-0.2, 0) is 12.0 Å². The Morgan fingerprint density at radius 1 is 1.42 bits per heavy atom. The second-order valence-corrected chi connectivity index (χ2v) is 6.76. The number of carbonyl (C=O) groups is 1. The van der Waals surface area contributed by atoms with Crippen molar-refractivity contribution < 1.29 is 18.8 Å². The molecule has 2 rings (SSSR count). The van der Waals surface area contributed by atoms with Crippen LogP contribution in [0.5, 0.6) is 0 Å². The number of urea groups is 1. The van der Waals surface area contributed by atoms with Gasteiger partial charge >= 0.3 is 6.03 Å². The van der Waals surface area contributed by atoms with Crippen molar-refractivity contribution in [2.24, 2.45) is 0 Å². The molecule has 2 aromatic heterocycles. The third-order valence-electron chi connectivity index (χ3n) is 3.34. The number of nitrogens with one attached hydrogen (secondary N) is 2. The fraction of sp³-hybridized carbons (Fsp3) is 0.562. The standard InChI is InChI=1S/C16H24N4O4/c1-10(8-11(21)12-6-5-7-23-12)18-15(22)17-9-13-19-14(24-20-13)16(2,3)4/h5-7,10-11,21H,8-9H2,1-4H3,(H2,17,18,22)/t10-,11+/m1/s1. The highest BCUT2D eigenvalue weighted by molar-refractivity contribution is 5.74. The topological polar surface area (TPSA) is 113 Å². The number of hydrogen-bond donors (Lipinski definition) is 3. The van der Waals surface area contributed by atoms with Crippen LogP contribution in [0.15, 0.2) is 27.3 Å². The van der Waals surface area contributed by atoms with Crippen molar-refractivity contribution in [1.82, 2.24) is 20.8 Å². The zero-order valence-corrected chi connectivity index (χ0v) is 14.4. The van der Waals surface area contributed by atoms with E-state index < -0.39 is 6.10 Å². The largest absolute Gasteiger partial charge is 0.467 e. The van der Waals surface area contributed by atoms with Gasteiger partial charge in [0.15, 0.2) is 5.82 Å². The summed E-state index contributed by atoms with van der Waals surface area (Å²) in [5.41, 5.74) is -0.232. The van der Waals surface area contributed by atoms with Gasteiger partial charge in [-0.25, -0.2) is 4.79 Å². The Labute approximate surface area is 140 Å². The van der Waals surface area contributed by atoms with Crippen molar-refractivity contribution in [2.45, 2.75) is 58.2 Å². The highest BCUT2D eigenvalue weighted by atomic mass is 16.5. The summed E-state index contributed by atoms with van der Waals surface area (Å²) in [6.45, 7) is 7.87. The summed E-state index contributed by atoms with van der Waals surface area (Å²) < 4.78 is 10.3. The Bertz CT molecular complexity index is 645. The van der Waals surface area contributed by atoms with Gasteiger partial charge in [-0.15, -0.1) is 0 Å². The van der Waals surface area contributed by atoms with Gasteiger partial charge in [-0.2, -0.15) is 4.98 Å². The van der Waals surface area contributed by atoms with E-state index in [9.17, 15) is 9.90 Å². The molecule has 3 N–H and O–H groups in total. The maximum absolute atomic E-state index is 11.9. The van der Waals surface area contributed by atoms with Crippen LogP contribution in [-0.4, -0.2) is 27.3 Å². The number of nitrogens with zero attached hydrogens (tertiary/aromatic N) is 2. The second kappa shape index (κ2) is 7.48. The number of aliphatic hydroxyl groups is 1. The van der Waals surface area contributed by atoms with Crippen molar-refractivity contribution >= 4 is 6.03 Å². The van der Waals surface area contributed by atoms with Gasteiger partial charge < -0.3 is 24.7 Å². The number of amides is 2. The van der Waals surface area contributed by atoms with Gasteiger partial charge in [0.1, 0.15) is 11.9 Å². The number of aliphatic hydroxyl groups excluding tert-OH is 1. The van der Waals surface area contributed by atoms with E-state index in [1.807, 2.05) is 20.8 Å². The summed E-state index contributed by atoms with van der Waals surface area (Å²) in [4.78, 5) is 16.1. The van der Waals surface area contributed by atoms with Crippen LogP contribution >= 0.6 is 0 Å². The van der Waals surface area contributed by atoms with Crippen LogP contribution in [0.3, 0.4) is 0 Å². The van der Waals surface area contributed by atoms with Crippen LogP contribution in [0.1, 0.15) is 57.7 Å². The van der Waals surface area contributed by atoms with E-state index in [4.69, 9.17) is 8.94 Å². The van der Waals surface area contributed by atoms with Gasteiger partial charge in [-0.1, -0.05) is 25.9 Å². The minimum Gasteiger partial charge on any atom is -0.467 e. The third-order valence-corrected chi connectivity index (χ3v) is 3.34. The first-order chi connectivity index (χ1) is 11.3. The minimum atomic E-state index is -0.762. The molecule has 24 heavy (non-hydrogen) atoms. The van der Waals surface area contributed by atoms with Crippen molar-refractivity contribution in [3.63, 3.8) is 0 Å². The molecular formula is C16H24N4O4. The summed E-state index contributed by atoms with van der Waals surface area (Å²) in [5, 5.41) is 19.2. The molecule has 2 heterocycles. The first kappa shape index (κ1) is 18.0. The Morgan fingerprint density at radius 2 is 2.17 bits per heavy atom. The molecule has 0 aliphatic heterocycles. The number of hydrogen-bond acceptors (Lipinski definition) is 6. The van der Waals surface area contributed by atoms with E-state index in [1.54, 1.807) is 19.1 Å². The SMILES string of the molecule is C[C@H](C[C@H](O)c1ccco1)NC(=O)NCc1noc(C(C)(C)C)n1. The summed E-state index contributed by atoms with van der Waals surface area (Å²) in [7, 11) is 0. The van der Waals surface area contributed by atoms with Crippen LogP contribution in [0.25, 0.3) is 0 Å². The minimum absolute atomic E-state index is 0.166. The molecule has 0 fully saturated rings. The van der Waals surface area contributed by atoms with E-state index >= 15 is 0 Å². The lowest BCUT2D eigenvalue weighted by Crippen LogP contribution is -2.41. The number of carbonyl (C=O) groups excluding carboxylic acids is 1. The van der Waals surface area contributed by atoms with Gasteiger partial charge in [0, 0.05) is 17.9 Å². The molecule has 0 aromatic carbocycles. The van der Waals surface area contributed by atoms with E-state index in [0.717, 1.165) is 0 Å². The normalized spacial score (nSPS) is 14.2. The van der Waals surface area contributed by atoms with Gasteiger partial charge in [-0.3, -0.25) is 0 Å². The first-order valence-corrected chi connectivity index (χ1v) is 7.84. The molecule has 0 aliphatic rings. The maximum atomic E-state index is 11.9. The molecule has 0 unspecified atom stereocenters. The van der Waals surface area contributed by atoms with Gasteiger partial charge in [0.2, 0.25) is 5.89 Å². The van der Waals surface area contributed by atoms with Crippen LogP contribution in [0.4, 0.5) is 4.79 Å². The molecule has 2 atom stereocenters. The maximum Gasteiger partial charge on any atom is 0.315 e. The first-order valence-electron chi connectivity index (χ1n) is 7.84. The molecule has 8 nitrogen and oxygen atoms in total. The molecule has 2 amide bonds. The number of aromatic nitrogens is 2. The van der Waals surface area contributed by atoms with Gasteiger partial charge in [0.25, 0.3) is 0 Å². The van der Waals surface area contributed by atoms with E-state index in [1.165, 1.54) is 6.26 Å². The van der Waals surface area contributed by atoms with Gasteiger partial charge in [-0.05, 0) is 19.1 Å². The average Bonchev–Trinajstić information content (AvgIpc) is 3.16. The molecule has 0 radical (unpaired) electrons. The Morgan fingerprint density at radius 3 is 2.75 bits per heavy atom. The highest BCUT2D eigenvalue weighted by Crippen LogP contribution is 2.20. The van der Waals surface area contributed by atoms with Crippen molar-refractivity contribution in [3.8, 4) is 0 Å². The molecule has 0 saturated carbocycles. The lowest BCUT2D eigenvalue weighted by atomic mass is 9.97. The zero-order valence-electron chi connectivity index (χ0n) is 14.4. The molecule has 0 bridgehead atoms. The smallest absolute Gasteiger partial charge is 0.315 e. The molecule has 0 aliphatic carbocycles. The molecule has 132 valence electrons. The Balaban J connectivity index is 1.75. The fourth-order valence-electron chi connectivity index (χ4n) is 2.06. The molecular weight excluding hydrogens is 312 g/mol. The predicted molar refractivity (Wildman–Crippen MR) is 86.1 cm³/mol. The second-order valence-electron chi connectivity index (χ2n) is 6.76. The van der Waals surface area contributed by atoms with E-state index in [-0.39, 0.29) is 24.0 Å². The predicted octanol–water partition coefficient (Wildman–Crippen LogP) is 2.27.